The molecular weight excluding hydrogens is 347 g/mol. The van der Waals surface area contributed by atoms with E-state index in [1.807, 2.05) is 30.3 Å². The van der Waals surface area contributed by atoms with Crippen molar-refractivity contribution in [1.29, 1.82) is 0 Å². The molecule has 0 aliphatic heterocycles. The summed E-state index contributed by atoms with van der Waals surface area (Å²) < 4.78 is 0. The van der Waals surface area contributed by atoms with Crippen molar-refractivity contribution in [3.63, 3.8) is 0 Å². The van der Waals surface area contributed by atoms with E-state index in [4.69, 9.17) is 28.2 Å². The Morgan fingerprint density at radius 3 is 2.65 bits per heavy atom. The maximum atomic E-state index is 6.27. The summed E-state index contributed by atoms with van der Waals surface area (Å²) >= 11 is 13.9. The number of thiazole rings is 1. The highest BCUT2D eigenvalue weighted by molar-refractivity contribution is 7.13. The van der Waals surface area contributed by atoms with Crippen LogP contribution in [0.5, 0.6) is 0 Å². The fourth-order valence-corrected chi connectivity index (χ4v) is 3.83. The van der Waals surface area contributed by atoms with Crippen molar-refractivity contribution in [3.8, 4) is 10.6 Å². The quantitative estimate of drug-likeness (QED) is 0.683. The summed E-state index contributed by atoms with van der Waals surface area (Å²) in [4.78, 5) is 4.72. The van der Waals surface area contributed by atoms with Crippen molar-refractivity contribution in [2.24, 2.45) is 0 Å². The van der Waals surface area contributed by atoms with Gasteiger partial charge in [-0.05, 0) is 19.1 Å². The molecule has 0 unspecified atom stereocenters. The largest absolute Gasteiger partial charge is 0.335 e. The molecule has 23 heavy (non-hydrogen) atoms. The molecule has 0 bridgehead atoms. The lowest BCUT2D eigenvalue weighted by Gasteiger charge is -2.12. The number of hydrogen-bond acceptors (Lipinski definition) is 2. The van der Waals surface area contributed by atoms with Crippen LogP contribution < -0.4 is 5.32 Å². The molecule has 0 radical (unpaired) electrons. The van der Waals surface area contributed by atoms with Gasteiger partial charge in [-0.25, -0.2) is 4.98 Å². The minimum Gasteiger partial charge on any atom is -0.335 e. The van der Waals surface area contributed by atoms with Gasteiger partial charge in [-0.1, -0.05) is 59.6 Å². The van der Waals surface area contributed by atoms with E-state index >= 15 is 0 Å². The Kier molecular flexibility index (Phi) is 5.34. The molecule has 3 rings (SSSR count). The lowest BCUT2D eigenvalue weighted by Crippen LogP contribution is -2.83. The van der Waals surface area contributed by atoms with Crippen LogP contribution in [0.1, 0.15) is 24.2 Å². The monoisotopic (exact) mass is 363 g/mol. The maximum Gasteiger partial charge on any atom is 0.123 e. The molecule has 5 heteroatoms. The van der Waals surface area contributed by atoms with Crippen molar-refractivity contribution < 1.29 is 5.32 Å². The number of quaternary nitrogens is 1. The predicted octanol–water partition coefficient (Wildman–Crippen LogP) is 4.94. The molecule has 1 atom stereocenters. The van der Waals surface area contributed by atoms with E-state index in [0.717, 1.165) is 28.4 Å². The summed E-state index contributed by atoms with van der Waals surface area (Å²) in [7, 11) is 0. The van der Waals surface area contributed by atoms with Crippen LogP contribution in [0.15, 0.2) is 53.9 Å². The van der Waals surface area contributed by atoms with Gasteiger partial charge in [-0.15, -0.1) is 11.3 Å². The summed E-state index contributed by atoms with van der Waals surface area (Å²) in [6.07, 6.45) is 0. The summed E-state index contributed by atoms with van der Waals surface area (Å²) in [6, 6.07) is 16.2. The maximum absolute atomic E-state index is 6.27. The molecule has 2 aromatic carbocycles. The summed E-state index contributed by atoms with van der Waals surface area (Å²) in [5.74, 6) is 0. The molecule has 0 saturated heterocycles. The standard InChI is InChI=1S/C18H16Cl2N2S/c1-12(16-8-7-14(19)9-17(16)20)21-10-15-11-23-18(22-15)13-5-3-2-4-6-13/h2-9,11-12,21H,10H2,1H3/p+1/t12-/m1/s1. The van der Waals surface area contributed by atoms with Crippen LogP contribution in [0.2, 0.25) is 10.0 Å². The Labute approximate surface area is 150 Å². The van der Waals surface area contributed by atoms with Crippen molar-refractivity contribution in [2.45, 2.75) is 19.5 Å². The zero-order chi connectivity index (χ0) is 16.2. The summed E-state index contributed by atoms with van der Waals surface area (Å²) in [5.41, 5.74) is 3.35. The number of nitrogens with two attached hydrogens (primary N) is 1. The number of hydrogen-bond donors (Lipinski definition) is 1. The van der Waals surface area contributed by atoms with E-state index in [1.165, 1.54) is 0 Å². The second-order valence-electron chi connectivity index (χ2n) is 5.40. The second kappa shape index (κ2) is 7.45. The number of aromatic nitrogens is 1. The van der Waals surface area contributed by atoms with Gasteiger partial charge in [0.2, 0.25) is 0 Å². The summed E-state index contributed by atoms with van der Waals surface area (Å²) in [6.45, 7) is 2.96. The topological polar surface area (TPSA) is 29.5 Å². The Bertz CT molecular complexity index is 787. The van der Waals surface area contributed by atoms with E-state index in [-0.39, 0.29) is 6.04 Å². The highest BCUT2D eigenvalue weighted by atomic mass is 35.5. The molecule has 0 fully saturated rings. The van der Waals surface area contributed by atoms with Gasteiger partial charge in [0.05, 0.1) is 5.02 Å². The lowest BCUT2D eigenvalue weighted by molar-refractivity contribution is -0.708. The van der Waals surface area contributed by atoms with Crippen LogP contribution in [0, 0.1) is 0 Å². The van der Waals surface area contributed by atoms with E-state index in [0.29, 0.717) is 10.0 Å². The zero-order valence-electron chi connectivity index (χ0n) is 12.7. The molecule has 3 aromatic rings. The van der Waals surface area contributed by atoms with Gasteiger partial charge in [0.15, 0.2) is 0 Å². The molecule has 2 N–H and O–H groups in total. The zero-order valence-corrected chi connectivity index (χ0v) is 15.0. The Hall–Kier alpha value is -1.39. The molecule has 0 spiro atoms. The minimum atomic E-state index is 0.252. The first kappa shape index (κ1) is 16.5. The number of benzene rings is 2. The van der Waals surface area contributed by atoms with Gasteiger partial charge in [0.1, 0.15) is 23.3 Å². The van der Waals surface area contributed by atoms with Gasteiger partial charge in [0.25, 0.3) is 0 Å². The van der Waals surface area contributed by atoms with Gasteiger partial charge in [-0.2, -0.15) is 0 Å². The SMILES string of the molecule is C[C@@H]([NH2+]Cc1csc(-c2ccccc2)n1)c1ccc(Cl)cc1Cl. The van der Waals surface area contributed by atoms with Crippen LogP contribution >= 0.6 is 34.5 Å². The third-order valence-corrected chi connectivity index (χ3v) is 5.21. The van der Waals surface area contributed by atoms with E-state index in [1.54, 1.807) is 17.4 Å². The van der Waals surface area contributed by atoms with Crippen LogP contribution in [0.3, 0.4) is 0 Å². The van der Waals surface area contributed by atoms with Crippen LogP contribution in [0.25, 0.3) is 10.6 Å². The van der Waals surface area contributed by atoms with E-state index < -0.39 is 0 Å². The molecule has 0 amide bonds. The van der Waals surface area contributed by atoms with Gasteiger partial charge in [0, 0.05) is 21.5 Å². The van der Waals surface area contributed by atoms with Gasteiger partial charge in [-0.3, -0.25) is 0 Å². The average molecular weight is 364 g/mol. The fourth-order valence-electron chi connectivity index (χ4n) is 2.41. The smallest absolute Gasteiger partial charge is 0.123 e. The lowest BCUT2D eigenvalue weighted by atomic mass is 10.1. The van der Waals surface area contributed by atoms with Gasteiger partial charge < -0.3 is 5.32 Å². The van der Waals surface area contributed by atoms with Crippen LogP contribution in [0.4, 0.5) is 0 Å². The molecule has 1 heterocycles. The number of halogens is 2. The first-order valence-corrected chi connectivity index (χ1v) is 9.05. The van der Waals surface area contributed by atoms with Crippen LogP contribution in [-0.2, 0) is 6.54 Å². The molecule has 0 aliphatic carbocycles. The van der Waals surface area contributed by atoms with Crippen molar-refractivity contribution >= 4 is 34.5 Å². The minimum absolute atomic E-state index is 0.252. The molecule has 0 saturated carbocycles. The average Bonchev–Trinajstić information content (AvgIpc) is 3.02. The third kappa shape index (κ3) is 4.12. The molecule has 2 nitrogen and oxygen atoms in total. The first-order valence-electron chi connectivity index (χ1n) is 7.41. The predicted molar refractivity (Wildman–Crippen MR) is 98.1 cm³/mol. The van der Waals surface area contributed by atoms with Crippen molar-refractivity contribution in [1.82, 2.24) is 4.98 Å². The Morgan fingerprint density at radius 1 is 1.13 bits per heavy atom. The molecular formula is C18H17Cl2N2S+. The highest BCUT2D eigenvalue weighted by Crippen LogP contribution is 2.25. The van der Waals surface area contributed by atoms with Crippen molar-refractivity contribution in [3.05, 3.63) is 75.2 Å². The molecule has 118 valence electrons. The van der Waals surface area contributed by atoms with Crippen LogP contribution in [-0.4, -0.2) is 4.98 Å². The molecule has 1 aromatic heterocycles. The third-order valence-electron chi connectivity index (χ3n) is 3.71. The second-order valence-corrected chi connectivity index (χ2v) is 7.11. The van der Waals surface area contributed by atoms with E-state index in [9.17, 15) is 0 Å². The number of rotatable bonds is 5. The normalized spacial score (nSPS) is 12.3. The number of nitrogens with zero attached hydrogens (tertiary/aromatic N) is 1. The summed E-state index contributed by atoms with van der Waals surface area (Å²) in [5, 5.41) is 6.79. The van der Waals surface area contributed by atoms with E-state index in [2.05, 4.69) is 29.8 Å². The molecule has 0 aliphatic rings. The van der Waals surface area contributed by atoms with Gasteiger partial charge >= 0.3 is 0 Å². The highest BCUT2D eigenvalue weighted by Gasteiger charge is 2.14. The Balaban J connectivity index is 1.65. The van der Waals surface area contributed by atoms with Crippen molar-refractivity contribution in [2.75, 3.05) is 0 Å². The first-order chi connectivity index (χ1) is 11.1. The fraction of sp³-hybridized carbons (Fsp3) is 0.167. The Morgan fingerprint density at radius 2 is 1.91 bits per heavy atom.